The number of carbonyl (C=O) groups excluding carboxylic acids is 1. The van der Waals surface area contributed by atoms with Crippen molar-refractivity contribution in [2.24, 2.45) is 0 Å². The molecular weight excluding hydrogens is 169 g/mol. The van der Waals surface area contributed by atoms with E-state index >= 15 is 0 Å². The second-order valence-electron chi connectivity index (χ2n) is 2.91. The fraction of sp³-hybridized carbons (Fsp3) is 0.300. The van der Waals surface area contributed by atoms with E-state index in [-0.39, 0.29) is 11.9 Å². The fourth-order valence-electron chi connectivity index (χ4n) is 1.15. The molecule has 2 nitrogen and oxygen atoms in total. The van der Waals surface area contributed by atoms with E-state index in [0.717, 1.165) is 5.57 Å². The minimum Gasteiger partial charge on any atom is -0.352 e. The third kappa shape index (κ3) is 2.86. The number of amides is 1. The Hall–Kier alpha value is -1.38. The Bertz CT molecular complexity index is 279. The first kappa shape index (κ1) is 9.71. The smallest absolute Gasteiger partial charge is 0.207 e. The molecule has 0 heterocycles. The Labute approximate surface area is 76.8 Å². The SMILES string of the molecule is C[C@@H](NC=O)C1=CC=C(F)C=CC1. The van der Waals surface area contributed by atoms with Crippen LogP contribution in [0.15, 0.2) is 35.7 Å². The van der Waals surface area contributed by atoms with Crippen LogP contribution in [-0.2, 0) is 4.79 Å². The monoisotopic (exact) mass is 181 g/mol. The first-order valence-electron chi connectivity index (χ1n) is 4.16. The van der Waals surface area contributed by atoms with Gasteiger partial charge in [-0.1, -0.05) is 12.2 Å². The molecule has 0 radical (unpaired) electrons. The number of allylic oxidation sites excluding steroid dienone is 5. The number of hydrogen-bond donors (Lipinski definition) is 1. The molecule has 0 bridgehead atoms. The van der Waals surface area contributed by atoms with Gasteiger partial charge in [-0.15, -0.1) is 0 Å². The van der Waals surface area contributed by atoms with Crippen LogP contribution in [0.3, 0.4) is 0 Å². The third-order valence-electron chi connectivity index (χ3n) is 1.96. The molecule has 0 aromatic carbocycles. The zero-order valence-electron chi connectivity index (χ0n) is 7.46. The average molecular weight is 181 g/mol. The van der Waals surface area contributed by atoms with Gasteiger partial charge in [0.15, 0.2) is 0 Å². The normalized spacial score (nSPS) is 18.3. The van der Waals surface area contributed by atoms with Crippen LogP contribution in [0.1, 0.15) is 13.3 Å². The van der Waals surface area contributed by atoms with Gasteiger partial charge in [-0.2, -0.15) is 0 Å². The zero-order valence-corrected chi connectivity index (χ0v) is 7.46. The quantitative estimate of drug-likeness (QED) is 0.661. The summed E-state index contributed by atoms with van der Waals surface area (Å²) < 4.78 is 12.7. The van der Waals surface area contributed by atoms with Gasteiger partial charge in [0, 0.05) is 6.04 Å². The molecule has 1 aliphatic rings. The highest BCUT2D eigenvalue weighted by Gasteiger charge is 2.06. The molecule has 0 saturated heterocycles. The maximum absolute atomic E-state index is 12.7. The van der Waals surface area contributed by atoms with Crippen molar-refractivity contribution in [1.82, 2.24) is 5.32 Å². The highest BCUT2D eigenvalue weighted by molar-refractivity contribution is 5.48. The molecule has 1 N–H and O–H groups in total. The van der Waals surface area contributed by atoms with Gasteiger partial charge in [0.2, 0.25) is 6.41 Å². The standard InChI is InChI=1S/C10H12FNO/c1-8(12-7-13)9-3-2-4-10(11)6-5-9/h2,4-8H,3H2,1H3,(H,12,13)/t8-/m1/s1. The molecule has 0 unspecified atom stereocenters. The lowest BCUT2D eigenvalue weighted by molar-refractivity contribution is -0.109. The second kappa shape index (κ2) is 4.60. The zero-order chi connectivity index (χ0) is 9.68. The summed E-state index contributed by atoms with van der Waals surface area (Å²) in [4.78, 5) is 10.2. The highest BCUT2D eigenvalue weighted by atomic mass is 19.1. The predicted octanol–water partition coefficient (Wildman–Crippen LogP) is 1.86. The average Bonchev–Trinajstić information content (AvgIpc) is 2.30. The summed E-state index contributed by atoms with van der Waals surface area (Å²) >= 11 is 0. The predicted molar refractivity (Wildman–Crippen MR) is 49.7 cm³/mol. The largest absolute Gasteiger partial charge is 0.352 e. The Morgan fingerprint density at radius 1 is 1.62 bits per heavy atom. The van der Waals surface area contributed by atoms with E-state index in [1.165, 1.54) is 12.2 Å². The summed E-state index contributed by atoms with van der Waals surface area (Å²) in [7, 11) is 0. The summed E-state index contributed by atoms with van der Waals surface area (Å²) in [6, 6.07) is -0.0377. The van der Waals surface area contributed by atoms with Crippen LogP contribution >= 0.6 is 0 Å². The van der Waals surface area contributed by atoms with Crippen molar-refractivity contribution < 1.29 is 9.18 Å². The highest BCUT2D eigenvalue weighted by Crippen LogP contribution is 2.14. The van der Waals surface area contributed by atoms with Crippen LogP contribution < -0.4 is 5.32 Å². The molecule has 13 heavy (non-hydrogen) atoms. The van der Waals surface area contributed by atoms with Gasteiger partial charge < -0.3 is 5.32 Å². The Morgan fingerprint density at radius 2 is 2.38 bits per heavy atom. The molecule has 1 amide bonds. The molecule has 0 aromatic rings. The van der Waals surface area contributed by atoms with E-state index in [1.807, 2.05) is 6.92 Å². The fourth-order valence-corrected chi connectivity index (χ4v) is 1.15. The van der Waals surface area contributed by atoms with Gasteiger partial charge in [0.05, 0.1) is 0 Å². The van der Waals surface area contributed by atoms with Crippen molar-refractivity contribution in [3.63, 3.8) is 0 Å². The summed E-state index contributed by atoms with van der Waals surface area (Å²) in [6.45, 7) is 1.87. The first-order chi connectivity index (χ1) is 6.24. The lowest BCUT2D eigenvalue weighted by Gasteiger charge is -2.12. The number of hydrogen-bond acceptors (Lipinski definition) is 1. The molecule has 0 aliphatic heterocycles. The van der Waals surface area contributed by atoms with E-state index in [1.54, 1.807) is 12.2 Å². The molecule has 1 atom stereocenters. The number of halogens is 1. The molecule has 70 valence electrons. The topological polar surface area (TPSA) is 29.1 Å². The van der Waals surface area contributed by atoms with Gasteiger partial charge in [-0.3, -0.25) is 4.79 Å². The van der Waals surface area contributed by atoms with E-state index in [4.69, 9.17) is 0 Å². The van der Waals surface area contributed by atoms with Crippen molar-refractivity contribution in [2.75, 3.05) is 0 Å². The maximum atomic E-state index is 12.7. The third-order valence-corrected chi connectivity index (χ3v) is 1.96. The van der Waals surface area contributed by atoms with Crippen molar-refractivity contribution >= 4 is 6.41 Å². The van der Waals surface area contributed by atoms with Crippen molar-refractivity contribution in [2.45, 2.75) is 19.4 Å². The van der Waals surface area contributed by atoms with Crippen LogP contribution in [0.25, 0.3) is 0 Å². The van der Waals surface area contributed by atoms with Crippen molar-refractivity contribution in [3.05, 3.63) is 35.7 Å². The van der Waals surface area contributed by atoms with E-state index in [0.29, 0.717) is 12.8 Å². The van der Waals surface area contributed by atoms with Gasteiger partial charge in [0.25, 0.3) is 0 Å². The van der Waals surface area contributed by atoms with Crippen LogP contribution in [0.5, 0.6) is 0 Å². The number of rotatable bonds is 3. The van der Waals surface area contributed by atoms with Crippen LogP contribution in [-0.4, -0.2) is 12.5 Å². The molecule has 0 saturated carbocycles. The van der Waals surface area contributed by atoms with E-state index in [2.05, 4.69) is 5.32 Å². The van der Waals surface area contributed by atoms with Gasteiger partial charge in [-0.05, 0) is 31.1 Å². The van der Waals surface area contributed by atoms with E-state index < -0.39 is 0 Å². The van der Waals surface area contributed by atoms with Crippen molar-refractivity contribution in [1.29, 1.82) is 0 Å². The maximum Gasteiger partial charge on any atom is 0.207 e. The second-order valence-corrected chi connectivity index (χ2v) is 2.91. The van der Waals surface area contributed by atoms with Gasteiger partial charge >= 0.3 is 0 Å². The summed E-state index contributed by atoms with van der Waals surface area (Å²) in [5.41, 5.74) is 0.996. The Kier molecular flexibility index (Phi) is 3.43. The minimum absolute atomic E-state index is 0.0377. The number of carbonyl (C=O) groups is 1. The minimum atomic E-state index is -0.256. The molecule has 1 aliphatic carbocycles. The molecule has 3 heteroatoms. The van der Waals surface area contributed by atoms with Gasteiger partial charge in [0.1, 0.15) is 5.83 Å². The van der Waals surface area contributed by atoms with Crippen LogP contribution in [0.4, 0.5) is 4.39 Å². The summed E-state index contributed by atoms with van der Waals surface area (Å²) in [6.07, 6.45) is 7.61. The molecule has 0 aromatic heterocycles. The van der Waals surface area contributed by atoms with E-state index in [9.17, 15) is 9.18 Å². The number of nitrogens with one attached hydrogen (secondary N) is 1. The Balaban J connectivity index is 2.70. The van der Waals surface area contributed by atoms with Crippen molar-refractivity contribution in [3.8, 4) is 0 Å². The van der Waals surface area contributed by atoms with Gasteiger partial charge in [-0.25, -0.2) is 4.39 Å². The van der Waals surface area contributed by atoms with Crippen LogP contribution in [0.2, 0.25) is 0 Å². The summed E-state index contributed by atoms with van der Waals surface area (Å²) in [5.74, 6) is -0.256. The molecule has 1 rings (SSSR count). The molecule has 0 spiro atoms. The lowest BCUT2D eigenvalue weighted by atomic mass is 10.1. The lowest BCUT2D eigenvalue weighted by Crippen LogP contribution is -2.26. The summed E-state index contributed by atoms with van der Waals surface area (Å²) in [5, 5.41) is 2.62. The first-order valence-corrected chi connectivity index (χ1v) is 4.16. The van der Waals surface area contributed by atoms with Crippen LogP contribution in [0, 0.1) is 0 Å². The molecule has 0 fully saturated rings. The Morgan fingerprint density at radius 3 is 3.08 bits per heavy atom. The molecular formula is C10H12FNO.